The van der Waals surface area contributed by atoms with Gasteiger partial charge in [0.2, 0.25) is 5.91 Å². The van der Waals surface area contributed by atoms with Gasteiger partial charge in [-0.05, 0) is 54.5 Å². The molecule has 0 unspecified atom stereocenters. The predicted octanol–water partition coefficient (Wildman–Crippen LogP) is 3.72. The highest BCUT2D eigenvalue weighted by Crippen LogP contribution is 2.54. The fourth-order valence-electron chi connectivity index (χ4n) is 4.85. The first-order valence-corrected chi connectivity index (χ1v) is 9.59. The van der Waals surface area contributed by atoms with E-state index in [-0.39, 0.29) is 11.9 Å². The standard InChI is InChI=1S/C22H26N2O2/c1-26-17-11-9-15(10-12-17)21-18-7-2-3-8-19(18)22(21)24-20(25)14-16-6-4-5-13-23-16/h4-6,9-13,18-19,21-22H,2-3,7-8,14H2,1H3,(H,24,25)/t18-,19+,21+,22+/m1/s1. The summed E-state index contributed by atoms with van der Waals surface area (Å²) in [6.07, 6.45) is 7.18. The number of amides is 1. The number of pyridine rings is 1. The third-order valence-electron chi connectivity index (χ3n) is 6.08. The lowest BCUT2D eigenvalue weighted by molar-refractivity contribution is -0.124. The van der Waals surface area contributed by atoms with E-state index in [0.717, 1.165) is 11.4 Å². The third kappa shape index (κ3) is 3.33. The highest BCUT2D eigenvalue weighted by atomic mass is 16.5. The lowest BCUT2D eigenvalue weighted by Crippen LogP contribution is -2.59. The molecule has 0 radical (unpaired) electrons. The monoisotopic (exact) mass is 350 g/mol. The third-order valence-corrected chi connectivity index (χ3v) is 6.08. The highest BCUT2D eigenvalue weighted by molar-refractivity contribution is 5.78. The zero-order valence-electron chi connectivity index (χ0n) is 15.2. The Kier molecular flexibility index (Phi) is 4.91. The molecule has 2 saturated carbocycles. The SMILES string of the molecule is COc1ccc([C@H]2[C@@H]3CCCC[C@@H]3[C@@H]2NC(=O)Cc2ccccn2)cc1. The van der Waals surface area contributed by atoms with Gasteiger partial charge in [0.1, 0.15) is 5.75 Å². The van der Waals surface area contributed by atoms with Crippen molar-refractivity contribution in [2.45, 2.75) is 44.1 Å². The Balaban J connectivity index is 1.49. The summed E-state index contributed by atoms with van der Waals surface area (Å²) in [6.45, 7) is 0. The lowest BCUT2D eigenvalue weighted by atomic mass is 9.53. The van der Waals surface area contributed by atoms with E-state index in [1.54, 1.807) is 13.3 Å². The van der Waals surface area contributed by atoms with E-state index in [4.69, 9.17) is 4.74 Å². The molecule has 1 heterocycles. The van der Waals surface area contributed by atoms with Crippen molar-refractivity contribution in [1.29, 1.82) is 0 Å². The van der Waals surface area contributed by atoms with Crippen LogP contribution in [0.15, 0.2) is 48.7 Å². The molecule has 2 fully saturated rings. The molecule has 0 bridgehead atoms. The smallest absolute Gasteiger partial charge is 0.226 e. The number of rotatable bonds is 5. The summed E-state index contributed by atoms with van der Waals surface area (Å²) < 4.78 is 5.29. The minimum Gasteiger partial charge on any atom is -0.497 e. The first kappa shape index (κ1) is 17.1. The van der Waals surface area contributed by atoms with Crippen LogP contribution in [0.25, 0.3) is 0 Å². The van der Waals surface area contributed by atoms with Gasteiger partial charge in [0.15, 0.2) is 0 Å². The molecule has 1 aromatic carbocycles. The van der Waals surface area contributed by atoms with Crippen molar-refractivity contribution in [2.24, 2.45) is 11.8 Å². The van der Waals surface area contributed by atoms with Crippen molar-refractivity contribution >= 4 is 5.91 Å². The van der Waals surface area contributed by atoms with E-state index in [1.807, 2.05) is 30.3 Å². The number of aromatic nitrogens is 1. The quantitative estimate of drug-likeness (QED) is 0.894. The number of hydrogen-bond acceptors (Lipinski definition) is 3. The average molecular weight is 350 g/mol. The lowest BCUT2D eigenvalue weighted by Gasteiger charge is -2.55. The molecule has 2 aliphatic carbocycles. The number of benzene rings is 1. The Morgan fingerprint density at radius 3 is 2.58 bits per heavy atom. The number of methoxy groups -OCH3 is 1. The number of fused-ring (bicyclic) bond motifs is 1. The molecule has 4 rings (SSSR count). The largest absolute Gasteiger partial charge is 0.497 e. The van der Waals surface area contributed by atoms with Crippen LogP contribution in [0.3, 0.4) is 0 Å². The van der Waals surface area contributed by atoms with Gasteiger partial charge < -0.3 is 10.1 Å². The van der Waals surface area contributed by atoms with E-state index in [1.165, 1.54) is 31.2 Å². The van der Waals surface area contributed by atoms with Gasteiger partial charge in [0, 0.05) is 23.9 Å². The zero-order chi connectivity index (χ0) is 17.9. The number of carbonyl (C=O) groups is 1. The van der Waals surface area contributed by atoms with Gasteiger partial charge >= 0.3 is 0 Å². The molecule has 1 aromatic heterocycles. The van der Waals surface area contributed by atoms with Gasteiger partial charge in [-0.3, -0.25) is 9.78 Å². The number of carbonyl (C=O) groups excluding carboxylic acids is 1. The summed E-state index contributed by atoms with van der Waals surface area (Å²) >= 11 is 0. The van der Waals surface area contributed by atoms with Crippen LogP contribution in [0.2, 0.25) is 0 Å². The molecule has 2 aliphatic rings. The molecule has 0 saturated heterocycles. The van der Waals surface area contributed by atoms with E-state index in [9.17, 15) is 4.79 Å². The fraction of sp³-hybridized carbons (Fsp3) is 0.455. The van der Waals surface area contributed by atoms with Crippen LogP contribution in [0.1, 0.15) is 42.9 Å². The minimum atomic E-state index is 0.0798. The topological polar surface area (TPSA) is 51.2 Å². The van der Waals surface area contributed by atoms with Crippen molar-refractivity contribution in [1.82, 2.24) is 10.3 Å². The number of ether oxygens (including phenoxy) is 1. The maximum absolute atomic E-state index is 12.6. The van der Waals surface area contributed by atoms with Crippen molar-refractivity contribution in [3.63, 3.8) is 0 Å². The molecule has 4 nitrogen and oxygen atoms in total. The van der Waals surface area contributed by atoms with Gasteiger partial charge in [-0.1, -0.05) is 31.0 Å². The Labute approximate surface area is 155 Å². The van der Waals surface area contributed by atoms with Crippen molar-refractivity contribution < 1.29 is 9.53 Å². The van der Waals surface area contributed by atoms with Crippen LogP contribution >= 0.6 is 0 Å². The van der Waals surface area contributed by atoms with Crippen molar-refractivity contribution in [2.75, 3.05) is 7.11 Å². The van der Waals surface area contributed by atoms with E-state index in [0.29, 0.717) is 24.2 Å². The van der Waals surface area contributed by atoms with Gasteiger partial charge in [0.05, 0.1) is 13.5 Å². The summed E-state index contributed by atoms with van der Waals surface area (Å²) in [5, 5.41) is 3.33. The van der Waals surface area contributed by atoms with Crippen LogP contribution in [-0.2, 0) is 11.2 Å². The number of nitrogens with zero attached hydrogens (tertiary/aromatic N) is 1. The molecule has 0 aliphatic heterocycles. The Morgan fingerprint density at radius 2 is 1.88 bits per heavy atom. The molecule has 1 N–H and O–H groups in total. The summed E-state index contributed by atoms with van der Waals surface area (Å²) in [6, 6.07) is 14.3. The first-order chi connectivity index (χ1) is 12.8. The van der Waals surface area contributed by atoms with E-state index in [2.05, 4.69) is 22.4 Å². The molecule has 136 valence electrons. The van der Waals surface area contributed by atoms with Gasteiger partial charge in [-0.15, -0.1) is 0 Å². The van der Waals surface area contributed by atoms with E-state index < -0.39 is 0 Å². The maximum atomic E-state index is 12.6. The van der Waals surface area contributed by atoms with Gasteiger partial charge in [-0.2, -0.15) is 0 Å². The molecule has 4 atom stereocenters. The molecule has 4 heteroatoms. The minimum absolute atomic E-state index is 0.0798. The number of nitrogens with one attached hydrogen (secondary N) is 1. The van der Waals surface area contributed by atoms with Gasteiger partial charge in [-0.25, -0.2) is 0 Å². The number of hydrogen-bond donors (Lipinski definition) is 1. The zero-order valence-corrected chi connectivity index (χ0v) is 15.2. The predicted molar refractivity (Wildman–Crippen MR) is 101 cm³/mol. The molecular weight excluding hydrogens is 324 g/mol. The summed E-state index contributed by atoms with van der Waals surface area (Å²) in [5.74, 6) is 2.68. The Morgan fingerprint density at radius 1 is 1.12 bits per heavy atom. The second kappa shape index (κ2) is 7.48. The first-order valence-electron chi connectivity index (χ1n) is 9.59. The van der Waals surface area contributed by atoms with Gasteiger partial charge in [0.25, 0.3) is 0 Å². The van der Waals surface area contributed by atoms with Crippen LogP contribution in [0.5, 0.6) is 5.75 Å². The Bertz CT molecular complexity index is 744. The van der Waals surface area contributed by atoms with Crippen molar-refractivity contribution in [3.8, 4) is 5.75 Å². The van der Waals surface area contributed by atoms with Crippen LogP contribution < -0.4 is 10.1 Å². The maximum Gasteiger partial charge on any atom is 0.226 e. The summed E-state index contributed by atoms with van der Waals surface area (Å²) in [7, 11) is 1.69. The summed E-state index contributed by atoms with van der Waals surface area (Å²) in [4.78, 5) is 16.9. The van der Waals surface area contributed by atoms with E-state index >= 15 is 0 Å². The fourth-order valence-corrected chi connectivity index (χ4v) is 4.85. The van der Waals surface area contributed by atoms with Crippen LogP contribution in [0, 0.1) is 11.8 Å². The Hall–Kier alpha value is -2.36. The second-order valence-corrected chi connectivity index (χ2v) is 7.50. The second-order valence-electron chi connectivity index (χ2n) is 7.50. The van der Waals surface area contributed by atoms with Crippen LogP contribution in [-0.4, -0.2) is 24.0 Å². The van der Waals surface area contributed by atoms with Crippen molar-refractivity contribution in [3.05, 3.63) is 59.9 Å². The van der Waals surface area contributed by atoms with Crippen LogP contribution in [0.4, 0.5) is 0 Å². The molecular formula is C22H26N2O2. The average Bonchev–Trinajstić information content (AvgIpc) is 2.68. The molecule has 2 aromatic rings. The molecule has 1 amide bonds. The summed E-state index contributed by atoms with van der Waals surface area (Å²) in [5.41, 5.74) is 2.14. The normalized spacial score (nSPS) is 27.1. The molecule has 0 spiro atoms. The highest BCUT2D eigenvalue weighted by Gasteiger charge is 2.51. The molecule has 26 heavy (non-hydrogen) atoms.